The first kappa shape index (κ1) is 12.2. The zero-order valence-corrected chi connectivity index (χ0v) is 10.4. The van der Waals surface area contributed by atoms with Crippen LogP contribution in [0.15, 0.2) is 24.3 Å². The van der Waals surface area contributed by atoms with E-state index in [2.05, 4.69) is 24.3 Å². The zero-order valence-electron chi connectivity index (χ0n) is 10.4. The van der Waals surface area contributed by atoms with E-state index in [-0.39, 0.29) is 5.92 Å². The number of hydrogen-bond donors (Lipinski definition) is 1. The summed E-state index contributed by atoms with van der Waals surface area (Å²) in [6.07, 6.45) is 4.92. The molecule has 0 saturated heterocycles. The first-order valence-electron chi connectivity index (χ1n) is 6.46. The number of benzene rings is 1. The third-order valence-electron chi connectivity index (χ3n) is 3.70. The van der Waals surface area contributed by atoms with Gasteiger partial charge >= 0.3 is 5.97 Å². The third-order valence-corrected chi connectivity index (χ3v) is 3.70. The monoisotopic (exact) mass is 232 g/mol. The molecule has 0 fully saturated rings. The maximum absolute atomic E-state index is 10.7. The largest absolute Gasteiger partial charge is 0.481 e. The van der Waals surface area contributed by atoms with E-state index in [1.807, 2.05) is 6.92 Å². The molecular weight excluding hydrogens is 212 g/mol. The van der Waals surface area contributed by atoms with Gasteiger partial charge in [0.15, 0.2) is 0 Å². The van der Waals surface area contributed by atoms with Crippen LogP contribution in [0.1, 0.15) is 49.7 Å². The number of fused-ring (bicyclic) bond motifs is 1. The summed E-state index contributed by atoms with van der Waals surface area (Å²) in [6, 6.07) is 8.62. The summed E-state index contributed by atoms with van der Waals surface area (Å²) in [5, 5.41) is 8.81. The Hall–Kier alpha value is -1.31. The molecule has 17 heavy (non-hydrogen) atoms. The Labute approximate surface area is 103 Å². The Morgan fingerprint density at radius 1 is 1.47 bits per heavy atom. The topological polar surface area (TPSA) is 37.3 Å². The van der Waals surface area contributed by atoms with E-state index in [1.54, 1.807) is 0 Å². The molecule has 1 N–H and O–H groups in total. The summed E-state index contributed by atoms with van der Waals surface area (Å²) >= 11 is 0. The van der Waals surface area contributed by atoms with E-state index in [0.717, 1.165) is 6.42 Å². The van der Waals surface area contributed by atoms with Crippen LogP contribution in [-0.2, 0) is 11.2 Å². The van der Waals surface area contributed by atoms with Crippen molar-refractivity contribution in [3.8, 4) is 0 Å². The first-order chi connectivity index (χ1) is 8.16. The van der Waals surface area contributed by atoms with Crippen LogP contribution < -0.4 is 0 Å². The highest BCUT2D eigenvalue weighted by molar-refractivity contribution is 5.66. The highest BCUT2D eigenvalue weighted by Crippen LogP contribution is 2.36. The van der Waals surface area contributed by atoms with E-state index < -0.39 is 5.97 Å². The second kappa shape index (κ2) is 5.35. The fraction of sp³-hybridized carbons (Fsp3) is 0.533. The van der Waals surface area contributed by atoms with Crippen molar-refractivity contribution in [2.24, 2.45) is 5.92 Å². The number of carboxylic acid groups (broad SMARTS) is 1. The summed E-state index contributed by atoms with van der Waals surface area (Å²) < 4.78 is 0. The van der Waals surface area contributed by atoms with Gasteiger partial charge in [0.2, 0.25) is 0 Å². The standard InChI is InChI=1S/C15H20O2/c1-11(10-15(16)17)9-13-7-4-6-12-5-2-3-8-14(12)13/h2-3,5,8,11,13H,4,6-7,9-10H2,1H3,(H,16,17). The zero-order chi connectivity index (χ0) is 12.3. The van der Waals surface area contributed by atoms with Gasteiger partial charge in [-0.2, -0.15) is 0 Å². The average Bonchev–Trinajstić information content (AvgIpc) is 2.28. The lowest BCUT2D eigenvalue weighted by atomic mass is 9.78. The van der Waals surface area contributed by atoms with Crippen molar-refractivity contribution < 1.29 is 9.90 Å². The van der Waals surface area contributed by atoms with Gasteiger partial charge in [0.05, 0.1) is 0 Å². The molecule has 2 heteroatoms. The normalized spacial score (nSPS) is 20.6. The summed E-state index contributed by atoms with van der Waals surface area (Å²) in [5.41, 5.74) is 2.92. The summed E-state index contributed by atoms with van der Waals surface area (Å²) in [7, 11) is 0. The van der Waals surface area contributed by atoms with Crippen molar-refractivity contribution in [1.82, 2.24) is 0 Å². The number of aliphatic carboxylic acids is 1. The molecule has 2 atom stereocenters. The van der Waals surface area contributed by atoms with E-state index in [0.29, 0.717) is 12.3 Å². The van der Waals surface area contributed by atoms with E-state index >= 15 is 0 Å². The molecule has 2 rings (SSSR count). The summed E-state index contributed by atoms with van der Waals surface area (Å²) in [6.45, 7) is 2.05. The highest BCUT2D eigenvalue weighted by atomic mass is 16.4. The lowest BCUT2D eigenvalue weighted by Crippen LogP contribution is -2.14. The molecule has 0 aromatic heterocycles. The van der Waals surface area contributed by atoms with Crippen LogP contribution >= 0.6 is 0 Å². The highest BCUT2D eigenvalue weighted by Gasteiger charge is 2.22. The predicted molar refractivity (Wildman–Crippen MR) is 68.2 cm³/mol. The minimum Gasteiger partial charge on any atom is -0.481 e. The molecule has 92 valence electrons. The maximum Gasteiger partial charge on any atom is 0.303 e. The number of rotatable bonds is 4. The molecule has 1 aromatic rings. The minimum absolute atomic E-state index is 0.267. The van der Waals surface area contributed by atoms with Crippen molar-refractivity contribution >= 4 is 5.97 Å². The van der Waals surface area contributed by atoms with Crippen molar-refractivity contribution in [1.29, 1.82) is 0 Å². The summed E-state index contributed by atoms with van der Waals surface area (Å²) in [5.74, 6) is 0.152. The fourth-order valence-corrected chi connectivity index (χ4v) is 2.97. The van der Waals surface area contributed by atoms with Gasteiger partial charge < -0.3 is 5.11 Å². The molecule has 1 aromatic carbocycles. The van der Waals surface area contributed by atoms with Crippen molar-refractivity contribution in [3.05, 3.63) is 35.4 Å². The second-order valence-corrected chi connectivity index (χ2v) is 5.23. The predicted octanol–water partition coefficient (Wildman–Crippen LogP) is 3.61. The number of carbonyl (C=O) groups is 1. The molecule has 0 spiro atoms. The van der Waals surface area contributed by atoms with Crippen molar-refractivity contribution in [2.75, 3.05) is 0 Å². The SMILES string of the molecule is CC(CC(=O)O)CC1CCCc2ccccc21. The van der Waals surface area contributed by atoms with Gasteiger partial charge in [-0.3, -0.25) is 4.79 Å². The third kappa shape index (κ3) is 3.09. The Morgan fingerprint density at radius 3 is 3.00 bits per heavy atom. The first-order valence-corrected chi connectivity index (χ1v) is 6.46. The molecule has 2 unspecified atom stereocenters. The van der Waals surface area contributed by atoms with Crippen LogP contribution in [0.4, 0.5) is 0 Å². The smallest absolute Gasteiger partial charge is 0.303 e. The van der Waals surface area contributed by atoms with E-state index in [1.165, 1.54) is 30.4 Å². The number of aryl methyl sites for hydroxylation is 1. The minimum atomic E-state index is -0.679. The van der Waals surface area contributed by atoms with Gasteiger partial charge in [0.25, 0.3) is 0 Å². The molecule has 0 saturated carbocycles. The van der Waals surface area contributed by atoms with Gasteiger partial charge in [0, 0.05) is 6.42 Å². The molecule has 0 aliphatic heterocycles. The summed E-state index contributed by atoms with van der Waals surface area (Å²) in [4.78, 5) is 10.7. The second-order valence-electron chi connectivity index (χ2n) is 5.23. The quantitative estimate of drug-likeness (QED) is 0.861. The average molecular weight is 232 g/mol. The van der Waals surface area contributed by atoms with Gasteiger partial charge in [-0.15, -0.1) is 0 Å². The van der Waals surface area contributed by atoms with Gasteiger partial charge in [-0.25, -0.2) is 0 Å². The fourth-order valence-electron chi connectivity index (χ4n) is 2.97. The van der Waals surface area contributed by atoms with Crippen LogP contribution in [0.5, 0.6) is 0 Å². The lowest BCUT2D eigenvalue weighted by Gasteiger charge is -2.27. The molecule has 0 radical (unpaired) electrons. The van der Waals surface area contributed by atoms with E-state index in [4.69, 9.17) is 5.11 Å². The Morgan fingerprint density at radius 2 is 2.24 bits per heavy atom. The van der Waals surface area contributed by atoms with E-state index in [9.17, 15) is 4.79 Å². The Bertz CT molecular complexity index is 398. The van der Waals surface area contributed by atoms with Crippen molar-refractivity contribution in [2.45, 2.75) is 44.9 Å². The van der Waals surface area contributed by atoms with Crippen molar-refractivity contribution in [3.63, 3.8) is 0 Å². The molecule has 2 nitrogen and oxygen atoms in total. The Kier molecular flexibility index (Phi) is 3.82. The number of hydrogen-bond acceptors (Lipinski definition) is 1. The Balaban J connectivity index is 2.05. The van der Waals surface area contributed by atoms with Gasteiger partial charge in [-0.1, -0.05) is 31.2 Å². The molecule has 0 amide bonds. The van der Waals surface area contributed by atoms with Crippen LogP contribution in [0, 0.1) is 5.92 Å². The lowest BCUT2D eigenvalue weighted by molar-refractivity contribution is -0.138. The molecule has 1 aliphatic rings. The molecular formula is C15H20O2. The van der Waals surface area contributed by atoms with Crippen LogP contribution in [0.2, 0.25) is 0 Å². The van der Waals surface area contributed by atoms with Gasteiger partial charge in [-0.05, 0) is 48.6 Å². The maximum atomic E-state index is 10.7. The molecule has 0 bridgehead atoms. The van der Waals surface area contributed by atoms with Crippen LogP contribution in [0.3, 0.4) is 0 Å². The number of carboxylic acids is 1. The van der Waals surface area contributed by atoms with Crippen LogP contribution in [0.25, 0.3) is 0 Å². The molecule has 1 aliphatic carbocycles. The van der Waals surface area contributed by atoms with Gasteiger partial charge in [0.1, 0.15) is 0 Å². The van der Waals surface area contributed by atoms with Crippen LogP contribution in [-0.4, -0.2) is 11.1 Å². The molecule has 0 heterocycles.